The Balaban J connectivity index is 2.79. The number of aromatic nitrogens is 2. The van der Waals surface area contributed by atoms with Gasteiger partial charge in [0.25, 0.3) is 5.56 Å². The molecule has 0 fully saturated rings. The van der Waals surface area contributed by atoms with E-state index in [1.807, 2.05) is 0 Å². The van der Waals surface area contributed by atoms with E-state index < -0.39 is 47.0 Å². The van der Waals surface area contributed by atoms with E-state index in [-0.39, 0.29) is 25.8 Å². The van der Waals surface area contributed by atoms with Gasteiger partial charge in [0.15, 0.2) is 0 Å². The van der Waals surface area contributed by atoms with Crippen molar-refractivity contribution in [3.63, 3.8) is 0 Å². The van der Waals surface area contributed by atoms with Gasteiger partial charge in [-0.25, -0.2) is 13.8 Å². The molecule has 0 aliphatic carbocycles. The standard InChI is InChI=1S/C16H13Cl2F4N2O5P/c1-23-12(16(20,21)22)7-14(25)24(15(23)26)11-4-8(9(17)6-10(11)19)5-13(18)30(27,28-2)29-3/h4-7H,1-3H3. The molecule has 30 heavy (non-hydrogen) atoms. The van der Waals surface area contributed by atoms with Gasteiger partial charge in [0.1, 0.15) is 16.3 Å². The van der Waals surface area contributed by atoms with Crippen LogP contribution in [0.4, 0.5) is 17.6 Å². The van der Waals surface area contributed by atoms with E-state index in [4.69, 9.17) is 32.2 Å². The van der Waals surface area contributed by atoms with Crippen molar-refractivity contribution >= 4 is 36.9 Å². The minimum atomic E-state index is -4.98. The van der Waals surface area contributed by atoms with Gasteiger partial charge in [-0.05, 0) is 23.8 Å². The Morgan fingerprint density at radius 2 is 1.73 bits per heavy atom. The lowest BCUT2D eigenvalue weighted by molar-refractivity contribution is -0.144. The quantitative estimate of drug-likeness (QED) is 0.459. The summed E-state index contributed by atoms with van der Waals surface area (Å²) in [4.78, 5) is 24.6. The fourth-order valence-corrected chi connectivity index (χ4v) is 3.94. The first-order valence-corrected chi connectivity index (χ1v) is 10.1. The number of alkyl halides is 3. The summed E-state index contributed by atoms with van der Waals surface area (Å²) < 4.78 is 75.0. The largest absolute Gasteiger partial charge is 0.431 e. The summed E-state index contributed by atoms with van der Waals surface area (Å²) in [5, 5.41) is -0.259. The van der Waals surface area contributed by atoms with Crippen molar-refractivity contribution in [1.82, 2.24) is 9.13 Å². The highest BCUT2D eigenvalue weighted by Gasteiger charge is 2.35. The molecule has 0 saturated heterocycles. The molecule has 14 heteroatoms. The summed E-state index contributed by atoms with van der Waals surface area (Å²) in [5.41, 5.74) is -5.18. The van der Waals surface area contributed by atoms with E-state index in [1.54, 1.807) is 0 Å². The molecule has 0 aliphatic heterocycles. The molecule has 0 N–H and O–H groups in total. The van der Waals surface area contributed by atoms with Crippen LogP contribution in [0.3, 0.4) is 0 Å². The Kier molecular flexibility index (Phi) is 7.05. The first-order chi connectivity index (χ1) is 13.8. The Morgan fingerprint density at radius 1 is 1.17 bits per heavy atom. The number of hydrogen-bond acceptors (Lipinski definition) is 5. The van der Waals surface area contributed by atoms with Crippen molar-refractivity contribution in [3.8, 4) is 5.69 Å². The summed E-state index contributed by atoms with van der Waals surface area (Å²) in [6, 6.07) is 1.74. The summed E-state index contributed by atoms with van der Waals surface area (Å²) in [6.45, 7) is 0. The van der Waals surface area contributed by atoms with Gasteiger partial charge >= 0.3 is 19.5 Å². The molecule has 7 nitrogen and oxygen atoms in total. The van der Waals surface area contributed by atoms with Crippen LogP contribution in [0.15, 0.2) is 32.6 Å². The summed E-state index contributed by atoms with van der Waals surface area (Å²) in [7, 11) is -0.998. The molecule has 0 aliphatic rings. The number of rotatable bonds is 5. The Hall–Kier alpha value is -1.91. The third-order valence-corrected chi connectivity index (χ3v) is 6.61. The van der Waals surface area contributed by atoms with E-state index in [9.17, 15) is 31.7 Å². The lowest BCUT2D eigenvalue weighted by atomic mass is 10.2. The molecular formula is C16H13Cl2F4N2O5P. The normalized spacial score (nSPS) is 13.0. The van der Waals surface area contributed by atoms with Crippen molar-refractivity contribution in [2.75, 3.05) is 14.2 Å². The van der Waals surface area contributed by atoms with Crippen LogP contribution in [0.2, 0.25) is 5.02 Å². The van der Waals surface area contributed by atoms with E-state index in [0.717, 1.165) is 33.4 Å². The molecule has 164 valence electrons. The third kappa shape index (κ3) is 4.55. The number of hydrogen-bond donors (Lipinski definition) is 0. The molecule has 2 aromatic rings. The first-order valence-electron chi connectivity index (χ1n) is 7.75. The number of benzene rings is 1. The highest BCUT2D eigenvalue weighted by atomic mass is 35.5. The zero-order chi connectivity index (χ0) is 23.0. The molecular weight excluding hydrogens is 478 g/mol. The Bertz CT molecular complexity index is 1180. The lowest BCUT2D eigenvalue weighted by Gasteiger charge is -2.15. The van der Waals surface area contributed by atoms with Gasteiger partial charge in [-0.15, -0.1) is 0 Å². The predicted molar refractivity (Wildman–Crippen MR) is 103 cm³/mol. The SMILES string of the molecule is COP(=O)(OC)C(Cl)=Cc1cc(-n2c(=O)cc(C(F)(F)F)n(C)c2=O)c(F)cc1Cl. The maximum absolute atomic E-state index is 14.5. The van der Waals surface area contributed by atoms with Gasteiger partial charge < -0.3 is 9.05 Å². The molecule has 0 amide bonds. The highest BCUT2D eigenvalue weighted by Crippen LogP contribution is 2.57. The molecule has 0 spiro atoms. The molecule has 1 aromatic heterocycles. The van der Waals surface area contributed by atoms with Crippen molar-refractivity contribution in [2.24, 2.45) is 7.05 Å². The summed E-state index contributed by atoms with van der Waals surface area (Å²) in [5.74, 6) is -1.17. The van der Waals surface area contributed by atoms with Gasteiger partial charge in [0.2, 0.25) is 0 Å². The Morgan fingerprint density at radius 3 is 2.23 bits per heavy atom. The average molecular weight is 491 g/mol. The van der Waals surface area contributed by atoms with Crippen LogP contribution in [0.5, 0.6) is 0 Å². The predicted octanol–water partition coefficient (Wildman–Crippen LogP) is 4.37. The number of nitrogens with zero attached hydrogens (tertiary/aromatic N) is 2. The second-order valence-corrected chi connectivity index (χ2v) is 8.98. The monoisotopic (exact) mass is 490 g/mol. The summed E-state index contributed by atoms with van der Waals surface area (Å²) in [6.07, 6.45) is -3.99. The van der Waals surface area contributed by atoms with Gasteiger partial charge in [0.05, 0.1) is 10.7 Å². The molecule has 1 heterocycles. The Labute approximate surface area is 176 Å². The third-order valence-electron chi connectivity index (χ3n) is 3.93. The average Bonchev–Trinajstić information content (AvgIpc) is 2.66. The van der Waals surface area contributed by atoms with E-state index in [2.05, 4.69) is 0 Å². The van der Waals surface area contributed by atoms with Crippen LogP contribution in [-0.2, 0) is 26.8 Å². The topological polar surface area (TPSA) is 79.5 Å². The van der Waals surface area contributed by atoms with E-state index in [1.165, 1.54) is 0 Å². The summed E-state index contributed by atoms with van der Waals surface area (Å²) >= 11 is 11.9. The maximum atomic E-state index is 14.5. The second-order valence-electron chi connectivity index (χ2n) is 5.70. The second kappa shape index (κ2) is 8.68. The van der Waals surface area contributed by atoms with Gasteiger partial charge in [0, 0.05) is 27.3 Å². The smallest absolute Gasteiger partial charge is 0.308 e. The van der Waals surface area contributed by atoms with Gasteiger partial charge in [-0.3, -0.25) is 13.9 Å². The molecule has 1 aromatic carbocycles. The van der Waals surface area contributed by atoms with Crippen LogP contribution in [-0.4, -0.2) is 23.4 Å². The van der Waals surface area contributed by atoms with Crippen molar-refractivity contribution < 1.29 is 31.2 Å². The molecule has 0 saturated carbocycles. The van der Waals surface area contributed by atoms with Crippen LogP contribution in [0.1, 0.15) is 11.3 Å². The minimum absolute atomic E-state index is 0.110. The van der Waals surface area contributed by atoms with E-state index in [0.29, 0.717) is 6.07 Å². The van der Waals surface area contributed by atoms with Crippen LogP contribution in [0.25, 0.3) is 11.8 Å². The van der Waals surface area contributed by atoms with Crippen molar-refractivity contribution in [2.45, 2.75) is 6.18 Å². The van der Waals surface area contributed by atoms with E-state index >= 15 is 0 Å². The molecule has 2 rings (SSSR count). The van der Waals surface area contributed by atoms with Crippen LogP contribution < -0.4 is 11.2 Å². The van der Waals surface area contributed by atoms with Gasteiger partial charge in [-0.2, -0.15) is 13.2 Å². The fraction of sp³-hybridized carbons (Fsp3) is 0.250. The highest BCUT2D eigenvalue weighted by molar-refractivity contribution is 7.61. The zero-order valence-corrected chi connectivity index (χ0v) is 17.9. The maximum Gasteiger partial charge on any atom is 0.431 e. The van der Waals surface area contributed by atoms with Crippen LogP contribution >= 0.6 is 30.8 Å². The zero-order valence-electron chi connectivity index (χ0n) is 15.5. The molecule has 0 bridgehead atoms. The minimum Gasteiger partial charge on any atom is -0.308 e. The van der Waals surface area contributed by atoms with Crippen molar-refractivity contribution in [3.05, 3.63) is 65.9 Å². The first kappa shape index (κ1) is 24.4. The van der Waals surface area contributed by atoms with Crippen molar-refractivity contribution in [1.29, 1.82) is 0 Å². The molecule has 0 unspecified atom stereocenters. The molecule has 0 radical (unpaired) electrons. The fourth-order valence-electron chi connectivity index (χ4n) is 2.41. The lowest BCUT2D eigenvalue weighted by Crippen LogP contribution is -2.41. The molecule has 0 atom stereocenters. The van der Waals surface area contributed by atoms with Gasteiger partial charge in [-0.1, -0.05) is 23.2 Å². The van der Waals surface area contributed by atoms with Crippen LogP contribution in [0, 0.1) is 5.82 Å². The number of halogens is 6.